The summed E-state index contributed by atoms with van der Waals surface area (Å²) in [5.41, 5.74) is 6.39. The Morgan fingerprint density at radius 3 is 2.90 bits per heavy atom. The molecule has 0 bridgehead atoms. The van der Waals surface area contributed by atoms with Crippen LogP contribution < -0.4 is 15.4 Å². The lowest BCUT2D eigenvalue weighted by Crippen LogP contribution is -2.38. The summed E-state index contributed by atoms with van der Waals surface area (Å²) in [5.74, 6) is 1.28. The Bertz CT molecular complexity index is 453. The first-order valence-electron chi connectivity index (χ1n) is 7.00. The van der Waals surface area contributed by atoms with E-state index in [1.54, 1.807) is 0 Å². The second-order valence-corrected chi connectivity index (χ2v) is 5.45. The van der Waals surface area contributed by atoms with E-state index >= 15 is 0 Å². The number of pyridine rings is 1. The fraction of sp³-hybridized carbons (Fsp3) is 0.643. The lowest BCUT2D eigenvalue weighted by Gasteiger charge is -2.28. The number of anilines is 2. The highest BCUT2D eigenvalue weighted by Crippen LogP contribution is 2.28. The SMILES string of the molecule is CCOc1nc(N2CC(O)CC2CN(C)C)ccc1N. The summed E-state index contributed by atoms with van der Waals surface area (Å²) in [6.45, 7) is 3.92. The highest BCUT2D eigenvalue weighted by molar-refractivity contribution is 5.55. The third-order valence-electron chi connectivity index (χ3n) is 3.42. The number of nitrogens with zero attached hydrogens (tertiary/aromatic N) is 3. The van der Waals surface area contributed by atoms with Crippen molar-refractivity contribution in [2.75, 3.05) is 44.4 Å². The molecule has 0 aromatic carbocycles. The van der Waals surface area contributed by atoms with E-state index in [4.69, 9.17) is 10.5 Å². The van der Waals surface area contributed by atoms with Gasteiger partial charge in [0.1, 0.15) is 5.82 Å². The Kier molecular flexibility index (Phi) is 4.67. The molecule has 0 radical (unpaired) electrons. The first kappa shape index (κ1) is 14.9. The van der Waals surface area contributed by atoms with Gasteiger partial charge in [-0.15, -0.1) is 0 Å². The number of aliphatic hydroxyl groups is 1. The first-order valence-corrected chi connectivity index (χ1v) is 7.00. The second kappa shape index (κ2) is 6.28. The minimum absolute atomic E-state index is 0.255. The number of β-amino-alcohol motifs (C(OH)–C–C–N with tert-alkyl or cyclic N) is 1. The molecule has 0 amide bonds. The van der Waals surface area contributed by atoms with Crippen LogP contribution >= 0.6 is 0 Å². The van der Waals surface area contributed by atoms with Crippen LogP contribution in [0.5, 0.6) is 5.88 Å². The molecule has 20 heavy (non-hydrogen) atoms. The fourth-order valence-electron chi connectivity index (χ4n) is 2.62. The molecule has 3 N–H and O–H groups in total. The lowest BCUT2D eigenvalue weighted by atomic mass is 10.2. The van der Waals surface area contributed by atoms with E-state index in [0.29, 0.717) is 24.7 Å². The molecule has 1 aromatic heterocycles. The largest absolute Gasteiger partial charge is 0.476 e. The minimum Gasteiger partial charge on any atom is -0.476 e. The molecule has 2 heterocycles. The molecule has 1 aliphatic heterocycles. The molecule has 1 saturated heterocycles. The molecule has 2 rings (SSSR count). The number of nitrogen functional groups attached to an aromatic ring is 1. The molecule has 6 heteroatoms. The van der Waals surface area contributed by atoms with Crippen molar-refractivity contribution in [3.63, 3.8) is 0 Å². The van der Waals surface area contributed by atoms with Gasteiger partial charge in [-0.1, -0.05) is 0 Å². The molecule has 2 unspecified atom stereocenters. The number of aliphatic hydroxyl groups excluding tert-OH is 1. The van der Waals surface area contributed by atoms with Crippen LogP contribution in [0, 0.1) is 0 Å². The molecular weight excluding hydrogens is 256 g/mol. The zero-order chi connectivity index (χ0) is 14.7. The van der Waals surface area contributed by atoms with Gasteiger partial charge in [0.05, 0.1) is 18.4 Å². The predicted molar refractivity (Wildman–Crippen MR) is 80.1 cm³/mol. The summed E-state index contributed by atoms with van der Waals surface area (Å²) in [4.78, 5) is 8.74. The third kappa shape index (κ3) is 3.32. The van der Waals surface area contributed by atoms with Gasteiger partial charge in [-0.3, -0.25) is 0 Å². The van der Waals surface area contributed by atoms with Crippen LogP contribution in [0.1, 0.15) is 13.3 Å². The summed E-state index contributed by atoms with van der Waals surface area (Å²) in [5, 5.41) is 9.93. The van der Waals surface area contributed by atoms with Crippen molar-refractivity contribution in [1.82, 2.24) is 9.88 Å². The van der Waals surface area contributed by atoms with Gasteiger partial charge in [0, 0.05) is 19.1 Å². The van der Waals surface area contributed by atoms with E-state index in [2.05, 4.69) is 14.8 Å². The number of likely N-dealkylation sites (N-methyl/N-ethyl adjacent to an activating group) is 1. The first-order chi connectivity index (χ1) is 9.51. The van der Waals surface area contributed by atoms with Gasteiger partial charge in [0.25, 0.3) is 0 Å². The van der Waals surface area contributed by atoms with Crippen molar-refractivity contribution in [2.24, 2.45) is 0 Å². The van der Waals surface area contributed by atoms with Gasteiger partial charge in [-0.05, 0) is 39.6 Å². The summed E-state index contributed by atoms with van der Waals surface area (Å²) in [7, 11) is 4.07. The maximum atomic E-state index is 9.93. The monoisotopic (exact) mass is 280 g/mol. The molecule has 6 nitrogen and oxygen atoms in total. The molecule has 112 valence electrons. The van der Waals surface area contributed by atoms with E-state index in [1.165, 1.54) is 0 Å². The molecule has 0 aliphatic carbocycles. The number of hydrogen-bond donors (Lipinski definition) is 2. The smallest absolute Gasteiger partial charge is 0.239 e. The van der Waals surface area contributed by atoms with Crippen molar-refractivity contribution < 1.29 is 9.84 Å². The Morgan fingerprint density at radius 2 is 2.25 bits per heavy atom. The van der Waals surface area contributed by atoms with Crippen LogP contribution in [-0.2, 0) is 0 Å². The van der Waals surface area contributed by atoms with Gasteiger partial charge in [-0.2, -0.15) is 4.98 Å². The van der Waals surface area contributed by atoms with Gasteiger partial charge in [0.15, 0.2) is 0 Å². The molecule has 2 atom stereocenters. The molecule has 1 aliphatic rings. The van der Waals surface area contributed by atoms with E-state index < -0.39 is 0 Å². The Labute approximate surface area is 120 Å². The van der Waals surface area contributed by atoms with Crippen LogP contribution in [-0.4, -0.2) is 60.9 Å². The van der Waals surface area contributed by atoms with Gasteiger partial charge in [-0.25, -0.2) is 0 Å². The van der Waals surface area contributed by atoms with Crippen LogP contribution in [0.25, 0.3) is 0 Å². The lowest BCUT2D eigenvalue weighted by molar-refractivity contribution is 0.191. The highest BCUT2D eigenvalue weighted by Gasteiger charge is 2.32. The van der Waals surface area contributed by atoms with Crippen molar-refractivity contribution in [3.8, 4) is 5.88 Å². The topological polar surface area (TPSA) is 74.9 Å². The molecule has 1 aromatic rings. The Balaban J connectivity index is 2.22. The van der Waals surface area contributed by atoms with Crippen molar-refractivity contribution in [3.05, 3.63) is 12.1 Å². The highest BCUT2D eigenvalue weighted by atomic mass is 16.5. The zero-order valence-corrected chi connectivity index (χ0v) is 12.4. The Hall–Kier alpha value is -1.53. The van der Waals surface area contributed by atoms with Crippen LogP contribution in [0.4, 0.5) is 11.5 Å². The summed E-state index contributed by atoms with van der Waals surface area (Å²) in [6.07, 6.45) is 0.448. The van der Waals surface area contributed by atoms with Gasteiger partial charge < -0.3 is 25.4 Å². The van der Waals surface area contributed by atoms with E-state index in [0.717, 1.165) is 18.8 Å². The maximum absolute atomic E-state index is 9.93. The van der Waals surface area contributed by atoms with E-state index in [-0.39, 0.29) is 12.1 Å². The average Bonchev–Trinajstić information content (AvgIpc) is 2.72. The van der Waals surface area contributed by atoms with Crippen molar-refractivity contribution >= 4 is 11.5 Å². The second-order valence-electron chi connectivity index (χ2n) is 5.45. The van der Waals surface area contributed by atoms with Gasteiger partial charge >= 0.3 is 0 Å². The van der Waals surface area contributed by atoms with Crippen LogP contribution in [0.2, 0.25) is 0 Å². The predicted octanol–water partition coefficient (Wildman–Crippen LogP) is 0.564. The third-order valence-corrected chi connectivity index (χ3v) is 3.42. The summed E-state index contributed by atoms with van der Waals surface area (Å²) >= 11 is 0. The van der Waals surface area contributed by atoms with E-state index in [1.807, 2.05) is 33.2 Å². The zero-order valence-electron chi connectivity index (χ0n) is 12.4. The standard InChI is InChI=1S/C14H24N4O2/c1-4-20-14-12(15)5-6-13(16-14)18-9-11(19)7-10(18)8-17(2)3/h5-6,10-11,19H,4,7-9,15H2,1-3H3. The average molecular weight is 280 g/mol. The number of nitrogens with two attached hydrogens (primary N) is 1. The molecular formula is C14H24N4O2. The number of hydrogen-bond acceptors (Lipinski definition) is 6. The molecule has 1 fully saturated rings. The van der Waals surface area contributed by atoms with Crippen LogP contribution in [0.3, 0.4) is 0 Å². The maximum Gasteiger partial charge on any atom is 0.239 e. The van der Waals surface area contributed by atoms with Crippen LogP contribution in [0.15, 0.2) is 12.1 Å². The molecule has 0 spiro atoms. The summed E-state index contributed by atoms with van der Waals surface area (Å²) < 4.78 is 5.44. The normalized spacial score (nSPS) is 22.6. The van der Waals surface area contributed by atoms with E-state index in [9.17, 15) is 5.11 Å². The number of ether oxygens (including phenoxy) is 1. The van der Waals surface area contributed by atoms with Crippen molar-refractivity contribution in [1.29, 1.82) is 0 Å². The summed E-state index contributed by atoms with van der Waals surface area (Å²) in [6, 6.07) is 3.95. The number of aromatic nitrogens is 1. The van der Waals surface area contributed by atoms with Crippen molar-refractivity contribution in [2.45, 2.75) is 25.5 Å². The number of rotatable bonds is 5. The minimum atomic E-state index is -0.310. The quantitative estimate of drug-likeness (QED) is 0.821. The fourth-order valence-corrected chi connectivity index (χ4v) is 2.62. The van der Waals surface area contributed by atoms with Gasteiger partial charge in [0.2, 0.25) is 5.88 Å². The Morgan fingerprint density at radius 1 is 1.50 bits per heavy atom. The molecule has 0 saturated carbocycles.